The molecule has 0 N–H and O–H groups in total. The monoisotopic (exact) mass is 823 g/mol. The number of hydrogen-bond acceptors (Lipinski definition) is 2. The maximum Gasteiger partial charge on any atom is 0.180 e. The molecule has 0 amide bonds. The Balaban J connectivity index is 1.23. The highest BCUT2D eigenvalue weighted by molar-refractivity contribution is 7.99. The van der Waals surface area contributed by atoms with E-state index >= 15 is 0 Å². The maximum absolute atomic E-state index is 2.96. The molecule has 0 aromatic heterocycles. The van der Waals surface area contributed by atoms with Crippen molar-refractivity contribution in [3.05, 3.63) is 271 Å². The van der Waals surface area contributed by atoms with E-state index in [9.17, 15) is 0 Å². The fourth-order valence-corrected chi connectivity index (χ4v) is 17.2. The second kappa shape index (κ2) is 14.8. The quantitative estimate of drug-likeness (QED) is 0.154. The lowest BCUT2D eigenvalue weighted by Crippen LogP contribution is -2.79. The van der Waals surface area contributed by atoms with Crippen molar-refractivity contribution in [1.82, 2.24) is 0 Å². The zero-order valence-electron chi connectivity index (χ0n) is 34.0. The summed E-state index contributed by atoms with van der Waals surface area (Å²) < 4.78 is 0. The van der Waals surface area contributed by atoms with Gasteiger partial charge >= 0.3 is 0 Å². The molecule has 12 rings (SSSR count). The maximum atomic E-state index is 2.58. The van der Waals surface area contributed by atoms with Gasteiger partial charge in [0.05, 0.1) is 11.1 Å². The van der Waals surface area contributed by atoms with E-state index in [1.54, 1.807) is 0 Å². The highest BCUT2D eigenvalue weighted by Crippen LogP contribution is 2.57. The van der Waals surface area contributed by atoms with Crippen molar-refractivity contribution in [3.63, 3.8) is 0 Å². The van der Waals surface area contributed by atoms with Crippen molar-refractivity contribution in [2.45, 2.75) is 15.2 Å². The minimum atomic E-state index is -2.96. The standard InChI is InChI=1S/C59H41NSSi/c1-4-19-42(20-5-1)43-35-37-45(38-36-43)60(54-31-18-22-44-21-10-11-27-49(44)54)46-39-40-58-53(41-46)59(50-28-12-15-32-55(50)61-56-33-16-13-29-51(56)59)52-30-14-17-34-57(52)62(58,47-23-6-2-7-24-47)48-25-8-3-9-26-48/h1-41H. The predicted molar refractivity (Wildman–Crippen MR) is 264 cm³/mol. The molecule has 62 heavy (non-hydrogen) atoms. The number of nitrogens with zero attached hydrogens (tertiary/aromatic N) is 1. The molecule has 2 aliphatic rings. The van der Waals surface area contributed by atoms with Crippen LogP contribution in [0.5, 0.6) is 0 Å². The molecular weight excluding hydrogens is 783 g/mol. The Kier molecular flexibility index (Phi) is 8.74. The number of anilines is 3. The van der Waals surface area contributed by atoms with Gasteiger partial charge in [-0.15, -0.1) is 0 Å². The van der Waals surface area contributed by atoms with Gasteiger partial charge in [0.2, 0.25) is 0 Å². The second-order valence-corrected chi connectivity index (χ2v) is 21.2. The first-order valence-corrected chi connectivity index (χ1v) is 24.2. The molecule has 2 aliphatic heterocycles. The minimum Gasteiger partial charge on any atom is -0.310 e. The first-order valence-electron chi connectivity index (χ1n) is 21.4. The lowest BCUT2D eigenvalue weighted by Gasteiger charge is -2.52. The minimum absolute atomic E-state index is 0.595. The van der Waals surface area contributed by atoms with E-state index in [0.717, 1.165) is 17.1 Å². The number of rotatable bonds is 6. The summed E-state index contributed by atoms with van der Waals surface area (Å²) >= 11 is 1.90. The largest absolute Gasteiger partial charge is 0.310 e. The Morgan fingerprint density at radius 3 is 1.53 bits per heavy atom. The van der Waals surface area contributed by atoms with E-state index in [4.69, 9.17) is 0 Å². The number of benzene rings is 10. The van der Waals surface area contributed by atoms with E-state index in [1.165, 1.54) is 74.7 Å². The highest BCUT2D eigenvalue weighted by atomic mass is 32.2. The van der Waals surface area contributed by atoms with Crippen LogP contribution in [0.4, 0.5) is 17.1 Å². The van der Waals surface area contributed by atoms with Gasteiger partial charge in [-0.3, -0.25) is 0 Å². The summed E-state index contributed by atoms with van der Waals surface area (Å²) in [5.74, 6) is 0. The Labute approximate surface area is 368 Å². The molecule has 0 saturated carbocycles. The van der Waals surface area contributed by atoms with Crippen molar-refractivity contribution in [1.29, 1.82) is 0 Å². The first-order chi connectivity index (χ1) is 30.8. The fourth-order valence-electron chi connectivity index (χ4n) is 10.7. The summed E-state index contributed by atoms with van der Waals surface area (Å²) in [6.07, 6.45) is 0. The van der Waals surface area contributed by atoms with Crippen LogP contribution in [0.2, 0.25) is 0 Å². The molecule has 0 atom stereocenters. The van der Waals surface area contributed by atoms with E-state index in [0.29, 0.717) is 0 Å². The normalized spacial score (nSPS) is 14.0. The molecule has 10 aromatic rings. The Morgan fingerprint density at radius 2 is 0.855 bits per heavy atom. The average molecular weight is 824 g/mol. The molecule has 10 aromatic carbocycles. The third-order valence-electron chi connectivity index (χ3n) is 13.3. The smallest absolute Gasteiger partial charge is 0.180 e. The highest BCUT2D eigenvalue weighted by Gasteiger charge is 2.57. The molecule has 292 valence electrons. The molecule has 1 nitrogen and oxygen atoms in total. The molecule has 0 unspecified atom stereocenters. The number of hydrogen-bond donors (Lipinski definition) is 0. The Hall–Kier alpha value is -7.17. The second-order valence-electron chi connectivity index (χ2n) is 16.3. The first kappa shape index (κ1) is 36.7. The third kappa shape index (κ3) is 5.42. The summed E-state index contributed by atoms with van der Waals surface area (Å²) in [7, 11) is -2.96. The van der Waals surface area contributed by atoms with E-state index in [1.807, 2.05) is 11.8 Å². The van der Waals surface area contributed by atoms with Crippen molar-refractivity contribution in [3.8, 4) is 11.1 Å². The van der Waals surface area contributed by atoms with Gasteiger partial charge in [-0.1, -0.05) is 218 Å². The van der Waals surface area contributed by atoms with Gasteiger partial charge < -0.3 is 4.90 Å². The SMILES string of the molecule is c1ccc(-c2ccc(N(c3ccc4c(c3)C3(c5ccccc5Sc5ccccc53)c3ccccc3[Si]4(c3ccccc3)c3ccccc3)c3cccc4ccccc34)cc2)cc1. The molecular formula is C59H41NSSi. The van der Waals surface area contributed by atoms with E-state index in [2.05, 4.69) is 254 Å². The molecule has 0 aliphatic carbocycles. The van der Waals surface area contributed by atoms with Crippen LogP contribution in [0.1, 0.15) is 22.3 Å². The van der Waals surface area contributed by atoms with Gasteiger partial charge in [0.15, 0.2) is 8.07 Å². The summed E-state index contributed by atoms with van der Waals surface area (Å²) in [5, 5.41) is 8.06. The van der Waals surface area contributed by atoms with E-state index < -0.39 is 13.5 Å². The lowest BCUT2D eigenvalue weighted by atomic mass is 9.64. The van der Waals surface area contributed by atoms with Crippen LogP contribution >= 0.6 is 11.8 Å². The van der Waals surface area contributed by atoms with Crippen molar-refractivity contribution >= 4 is 68.4 Å². The van der Waals surface area contributed by atoms with Crippen molar-refractivity contribution in [2.75, 3.05) is 4.90 Å². The molecule has 2 heterocycles. The molecule has 0 saturated heterocycles. The van der Waals surface area contributed by atoms with Gasteiger partial charge in [-0.25, -0.2) is 0 Å². The third-order valence-corrected chi connectivity index (χ3v) is 19.3. The van der Waals surface area contributed by atoms with E-state index in [-0.39, 0.29) is 0 Å². The molecule has 3 heteroatoms. The van der Waals surface area contributed by atoms with Gasteiger partial charge in [-0.05, 0) is 102 Å². The zero-order chi connectivity index (χ0) is 41.1. The summed E-state index contributed by atoms with van der Waals surface area (Å²) in [6, 6.07) is 93.4. The fraction of sp³-hybridized carbons (Fsp3) is 0.0169. The lowest BCUT2D eigenvalue weighted by molar-refractivity contribution is 0.707. The van der Waals surface area contributed by atoms with Gasteiger partial charge in [0.25, 0.3) is 0 Å². The van der Waals surface area contributed by atoms with Crippen LogP contribution in [0, 0.1) is 0 Å². The van der Waals surface area contributed by atoms with Crippen LogP contribution in [0.3, 0.4) is 0 Å². The van der Waals surface area contributed by atoms with Crippen LogP contribution in [-0.2, 0) is 5.41 Å². The van der Waals surface area contributed by atoms with Crippen LogP contribution in [0.15, 0.2) is 259 Å². The van der Waals surface area contributed by atoms with Crippen LogP contribution < -0.4 is 25.6 Å². The molecule has 0 fully saturated rings. The molecule has 1 spiro atoms. The summed E-state index contributed by atoms with van der Waals surface area (Å²) in [5.41, 5.74) is 10.6. The van der Waals surface area contributed by atoms with Crippen molar-refractivity contribution in [2.24, 2.45) is 0 Å². The summed E-state index contributed by atoms with van der Waals surface area (Å²) in [4.78, 5) is 5.09. The van der Waals surface area contributed by atoms with Crippen molar-refractivity contribution < 1.29 is 0 Å². The average Bonchev–Trinajstić information content (AvgIpc) is 3.35. The van der Waals surface area contributed by atoms with Gasteiger partial charge in [0.1, 0.15) is 0 Å². The van der Waals surface area contributed by atoms with Gasteiger partial charge in [-0.2, -0.15) is 0 Å². The van der Waals surface area contributed by atoms with Crippen LogP contribution in [0.25, 0.3) is 21.9 Å². The predicted octanol–water partition coefficient (Wildman–Crippen LogP) is 12.5. The summed E-state index contributed by atoms with van der Waals surface area (Å²) in [6.45, 7) is 0. The molecule has 0 radical (unpaired) electrons. The Morgan fingerprint density at radius 1 is 0.355 bits per heavy atom. The van der Waals surface area contributed by atoms with Crippen LogP contribution in [-0.4, -0.2) is 8.07 Å². The zero-order valence-corrected chi connectivity index (χ0v) is 35.8. The Bertz CT molecular complexity index is 3180. The van der Waals surface area contributed by atoms with Gasteiger partial charge in [0, 0.05) is 26.6 Å². The molecule has 0 bridgehead atoms. The topological polar surface area (TPSA) is 3.24 Å². The number of fused-ring (bicyclic) bond motifs is 9.